The van der Waals surface area contributed by atoms with E-state index in [9.17, 15) is 19.1 Å². The topological polar surface area (TPSA) is 66.8 Å². The van der Waals surface area contributed by atoms with E-state index < -0.39 is 11.7 Å². The quantitative estimate of drug-likeness (QED) is 0.865. The first kappa shape index (κ1) is 15.3. The molecule has 1 aromatic rings. The molecule has 21 heavy (non-hydrogen) atoms. The monoisotopic (exact) mass is 295 g/mol. The molecule has 5 nitrogen and oxygen atoms in total. The van der Waals surface area contributed by atoms with Gasteiger partial charge in [0.15, 0.2) is 0 Å². The Balaban J connectivity index is 2.12. The van der Waals surface area contributed by atoms with Gasteiger partial charge in [0.2, 0.25) is 0 Å². The fourth-order valence-corrected chi connectivity index (χ4v) is 2.46. The third kappa shape index (κ3) is 3.51. The minimum Gasteiger partial charge on any atom is -0.507 e. The van der Waals surface area contributed by atoms with Crippen LogP contribution < -0.4 is 0 Å². The molecule has 6 heteroatoms. The second kappa shape index (κ2) is 6.56. The number of esters is 1. The number of piperidine rings is 1. The highest BCUT2D eigenvalue weighted by Crippen LogP contribution is 2.24. The van der Waals surface area contributed by atoms with E-state index in [0.717, 1.165) is 18.2 Å². The van der Waals surface area contributed by atoms with Crippen molar-refractivity contribution in [1.29, 1.82) is 0 Å². The van der Waals surface area contributed by atoms with E-state index in [1.54, 1.807) is 6.92 Å². The number of rotatable bonds is 3. The largest absolute Gasteiger partial charge is 0.507 e. The fourth-order valence-electron chi connectivity index (χ4n) is 2.46. The maximum atomic E-state index is 13.2. The number of carbonyl (C=O) groups excluding carboxylic acids is 2. The third-order valence-corrected chi connectivity index (χ3v) is 3.52. The number of phenolic OH excluding ortho intramolecular Hbond substituents is 1. The summed E-state index contributed by atoms with van der Waals surface area (Å²) in [7, 11) is 0. The van der Waals surface area contributed by atoms with E-state index in [1.807, 2.05) is 0 Å². The summed E-state index contributed by atoms with van der Waals surface area (Å²) in [5, 5.41) is 9.69. The molecule has 1 aromatic carbocycles. The molecule has 1 aliphatic rings. The summed E-state index contributed by atoms with van der Waals surface area (Å²) in [5.74, 6) is -2.01. The Morgan fingerprint density at radius 1 is 1.48 bits per heavy atom. The van der Waals surface area contributed by atoms with Crippen molar-refractivity contribution in [2.24, 2.45) is 5.92 Å². The van der Waals surface area contributed by atoms with Crippen molar-refractivity contribution in [3.63, 3.8) is 0 Å². The molecule has 0 aliphatic carbocycles. The van der Waals surface area contributed by atoms with Crippen LogP contribution in [0.1, 0.15) is 30.1 Å². The number of phenols is 1. The maximum absolute atomic E-state index is 13.2. The van der Waals surface area contributed by atoms with Crippen LogP contribution in [0.25, 0.3) is 0 Å². The molecule has 2 rings (SSSR count). The highest BCUT2D eigenvalue weighted by Gasteiger charge is 2.30. The minimum absolute atomic E-state index is 0.0838. The number of hydrogen-bond donors (Lipinski definition) is 1. The van der Waals surface area contributed by atoms with Crippen molar-refractivity contribution in [2.75, 3.05) is 19.7 Å². The van der Waals surface area contributed by atoms with Crippen LogP contribution >= 0.6 is 0 Å². The highest BCUT2D eigenvalue weighted by molar-refractivity contribution is 5.97. The van der Waals surface area contributed by atoms with Gasteiger partial charge in [0, 0.05) is 13.1 Å². The normalized spacial score (nSPS) is 18.4. The van der Waals surface area contributed by atoms with E-state index in [4.69, 9.17) is 4.74 Å². The Labute approximate surface area is 122 Å². The summed E-state index contributed by atoms with van der Waals surface area (Å²) in [5.41, 5.74) is -0.0838. The summed E-state index contributed by atoms with van der Waals surface area (Å²) in [6.45, 7) is 2.74. The molecule has 114 valence electrons. The van der Waals surface area contributed by atoms with Gasteiger partial charge >= 0.3 is 5.97 Å². The molecular weight excluding hydrogens is 277 g/mol. The van der Waals surface area contributed by atoms with Crippen molar-refractivity contribution < 1.29 is 23.8 Å². The Kier molecular flexibility index (Phi) is 4.77. The molecule has 1 amide bonds. The second-order valence-corrected chi connectivity index (χ2v) is 5.00. The van der Waals surface area contributed by atoms with Gasteiger partial charge in [0.1, 0.15) is 11.6 Å². The second-order valence-electron chi connectivity index (χ2n) is 5.00. The zero-order valence-corrected chi connectivity index (χ0v) is 11.8. The van der Waals surface area contributed by atoms with Crippen LogP contribution in [-0.2, 0) is 9.53 Å². The van der Waals surface area contributed by atoms with Gasteiger partial charge in [-0.25, -0.2) is 4.39 Å². The summed E-state index contributed by atoms with van der Waals surface area (Å²) < 4.78 is 18.2. The Morgan fingerprint density at radius 2 is 2.24 bits per heavy atom. The maximum Gasteiger partial charge on any atom is 0.310 e. The van der Waals surface area contributed by atoms with Gasteiger partial charge < -0.3 is 14.7 Å². The van der Waals surface area contributed by atoms with Gasteiger partial charge in [-0.3, -0.25) is 9.59 Å². The number of carbonyl (C=O) groups is 2. The number of likely N-dealkylation sites (tertiary alicyclic amines) is 1. The van der Waals surface area contributed by atoms with Crippen LogP contribution in [0.5, 0.6) is 5.75 Å². The SMILES string of the molecule is CCOC(=O)[C@@H]1CCCN(C(=O)c2cc(F)ccc2O)C1. The first-order valence-corrected chi connectivity index (χ1v) is 6.97. The summed E-state index contributed by atoms with van der Waals surface area (Å²) in [4.78, 5) is 25.6. The molecule has 0 radical (unpaired) electrons. The molecule has 0 bridgehead atoms. The average Bonchev–Trinajstić information content (AvgIpc) is 2.49. The van der Waals surface area contributed by atoms with Gasteiger partial charge in [-0.15, -0.1) is 0 Å². The zero-order valence-electron chi connectivity index (χ0n) is 11.8. The zero-order chi connectivity index (χ0) is 15.4. The van der Waals surface area contributed by atoms with Gasteiger partial charge in [-0.2, -0.15) is 0 Å². The van der Waals surface area contributed by atoms with Crippen molar-refractivity contribution >= 4 is 11.9 Å². The van der Waals surface area contributed by atoms with Crippen molar-refractivity contribution in [2.45, 2.75) is 19.8 Å². The molecule has 1 fully saturated rings. The Hall–Kier alpha value is -2.11. The van der Waals surface area contributed by atoms with E-state index in [0.29, 0.717) is 26.0 Å². The number of amides is 1. The van der Waals surface area contributed by atoms with E-state index in [1.165, 1.54) is 4.90 Å². The lowest BCUT2D eigenvalue weighted by Gasteiger charge is -2.31. The van der Waals surface area contributed by atoms with Crippen molar-refractivity contribution in [3.05, 3.63) is 29.6 Å². The molecule has 0 spiro atoms. The Bertz CT molecular complexity index is 546. The molecule has 1 aliphatic heterocycles. The third-order valence-electron chi connectivity index (χ3n) is 3.52. The lowest BCUT2D eigenvalue weighted by atomic mass is 9.97. The predicted molar refractivity (Wildman–Crippen MR) is 73.3 cm³/mol. The van der Waals surface area contributed by atoms with Crippen molar-refractivity contribution in [3.8, 4) is 5.75 Å². The number of hydrogen-bond acceptors (Lipinski definition) is 4. The number of aromatic hydroxyl groups is 1. The van der Waals surface area contributed by atoms with Gasteiger partial charge in [-0.1, -0.05) is 0 Å². The first-order chi connectivity index (χ1) is 10.0. The van der Waals surface area contributed by atoms with Crippen LogP contribution in [0.2, 0.25) is 0 Å². The highest BCUT2D eigenvalue weighted by atomic mass is 19.1. The van der Waals surface area contributed by atoms with Gasteiger partial charge in [0.25, 0.3) is 5.91 Å². The predicted octanol–water partition coefficient (Wildman–Crippen LogP) is 1.95. The van der Waals surface area contributed by atoms with Gasteiger partial charge in [0.05, 0.1) is 18.1 Å². The van der Waals surface area contributed by atoms with Crippen LogP contribution in [0.15, 0.2) is 18.2 Å². The lowest BCUT2D eigenvalue weighted by molar-refractivity contribution is -0.149. The number of halogens is 1. The molecule has 0 unspecified atom stereocenters. The Morgan fingerprint density at radius 3 is 2.95 bits per heavy atom. The molecular formula is C15H18FNO4. The smallest absolute Gasteiger partial charge is 0.310 e. The van der Waals surface area contributed by atoms with E-state index in [-0.39, 0.29) is 29.7 Å². The first-order valence-electron chi connectivity index (χ1n) is 6.97. The number of nitrogens with zero attached hydrogens (tertiary/aromatic N) is 1. The molecule has 1 heterocycles. The minimum atomic E-state index is -0.588. The van der Waals surface area contributed by atoms with Gasteiger partial charge in [-0.05, 0) is 38.0 Å². The molecule has 1 saturated heterocycles. The molecule has 1 atom stereocenters. The summed E-state index contributed by atoms with van der Waals surface area (Å²) >= 11 is 0. The van der Waals surface area contributed by atoms with E-state index in [2.05, 4.69) is 0 Å². The average molecular weight is 295 g/mol. The number of ether oxygens (including phenoxy) is 1. The summed E-state index contributed by atoms with van der Waals surface area (Å²) in [6, 6.07) is 3.24. The number of benzene rings is 1. The molecule has 0 aromatic heterocycles. The van der Waals surface area contributed by atoms with Crippen molar-refractivity contribution in [1.82, 2.24) is 4.90 Å². The molecule has 1 N–H and O–H groups in total. The molecule has 0 saturated carbocycles. The van der Waals surface area contributed by atoms with E-state index >= 15 is 0 Å². The van der Waals surface area contributed by atoms with Crippen LogP contribution in [0.4, 0.5) is 4.39 Å². The standard InChI is InChI=1S/C15H18FNO4/c1-2-21-15(20)10-4-3-7-17(9-10)14(19)12-8-11(16)5-6-13(12)18/h5-6,8,10,18H,2-4,7,9H2,1H3/t10-/m1/s1. The summed E-state index contributed by atoms with van der Waals surface area (Å²) in [6.07, 6.45) is 1.34. The lowest BCUT2D eigenvalue weighted by Crippen LogP contribution is -2.42. The van der Waals surface area contributed by atoms with Crippen LogP contribution in [0.3, 0.4) is 0 Å². The van der Waals surface area contributed by atoms with Crippen LogP contribution in [0, 0.1) is 11.7 Å². The fraction of sp³-hybridized carbons (Fsp3) is 0.467. The van der Waals surface area contributed by atoms with Crippen LogP contribution in [-0.4, -0.2) is 41.6 Å².